The summed E-state index contributed by atoms with van der Waals surface area (Å²) in [6.45, 7) is 2.88. The largest absolute Gasteiger partial charge is 0.497 e. The van der Waals surface area contributed by atoms with Crippen molar-refractivity contribution in [2.75, 3.05) is 14.2 Å². The summed E-state index contributed by atoms with van der Waals surface area (Å²) in [5.41, 5.74) is 4.76. The van der Waals surface area contributed by atoms with E-state index in [1.54, 1.807) is 24.9 Å². The van der Waals surface area contributed by atoms with E-state index in [1.807, 2.05) is 42.6 Å². The normalized spacial score (nSPS) is 15.5. The molecule has 0 N–H and O–H groups in total. The van der Waals surface area contributed by atoms with Gasteiger partial charge in [0.1, 0.15) is 11.5 Å². The molecule has 0 radical (unpaired) electrons. The monoisotopic (exact) mass is 425 g/mol. The number of hydrogen-bond donors (Lipinski definition) is 0. The maximum atomic E-state index is 13.0. The lowest BCUT2D eigenvalue weighted by Crippen LogP contribution is -2.23. The second kappa shape index (κ2) is 8.54. The van der Waals surface area contributed by atoms with Crippen LogP contribution in [0.3, 0.4) is 0 Å². The van der Waals surface area contributed by atoms with Gasteiger partial charge in [-0.1, -0.05) is 17.7 Å². The van der Waals surface area contributed by atoms with Crippen LogP contribution in [0, 0.1) is 0 Å². The van der Waals surface area contributed by atoms with E-state index in [2.05, 4.69) is 6.92 Å². The lowest BCUT2D eigenvalue weighted by molar-refractivity contribution is 0.0526. The molecule has 0 bridgehead atoms. The first-order valence-electron chi connectivity index (χ1n) is 9.83. The van der Waals surface area contributed by atoms with Crippen LogP contribution in [0.5, 0.6) is 11.5 Å². The molecule has 5 nitrogen and oxygen atoms in total. The van der Waals surface area contributed by atoms with Gasteiger partial charge in [-0.15, -0.1) is 0 Å². The molecule has 0 spiro atoms. The van der Waals surface area contributed by atoms with E-state index in [0.29, 0.717) is 29.7 Å². The topological polar surface area (TPSA) is 49.7 Å². The molecule has 1 aliphatic heterocycles. The molecule has 0 saturated heterocycles. The molecular weight excluding hydrogens is 402 g/mol. The van der Waals surface area contributed by atoms with Crippen molar-refractivity contribution in [2.24, 2.45) is 0 Å². The molecule has 30 heavy (non-hydrogen) atoms. The van der Waals surface area contributed by atoms with Gasteiger partial charge in [-0.25, -0.2) is 0 Å². The minimum atomic E-state index is -0.0915. The van der Waals surface area contributed by atoms with Crippen LogP contribution in [0.2, 0.25) is 5.02 Å². The van der Waals surface area contributed by atoms with Crippen molar-refractivity contribution in [3.8, 4) is 22.6 Å². The number of pyridine rings is 1. The summed E-state index contributed by atoms with van der Waals surface area (Å²) in [6, 6.07) is 13.1. The van der Waals surface area contributed by atoms with Crippen molar-refractivity contribution in [3.63, 3.8) is 0 Å². The summed E-state index contributed by atoms with van der Waals surface area (Å²) in [5.74, 6) is 1.38. The maximum absolute atomic E-state index is 13.0. The molecular formula is C24H24ClNO4. The molecule has 2 aromatic carbocycles. The zero-order valence-electron chi connectivity index (χ0n) is 17.3. The number of hydrogen-bond acceptors (Lipinski definition) is 4. The Balaban J connectivity index is 1.79. The molecule has 1 aromatic heterocycles. The molecule has 1 atom stereocenters. The predicted molar refractivity (Wildman–Crippen MR) is 118 cm³/mol. The van der Waals surface area contributed by atoms with Crippen molar-refractivity contribution in [1.29, 1.82) is 0 Å². The number of rotatable bonds is 4. The molecule has 0 amide bonds. The second-order valence-corrected chi connectivity index (χ2v) is 7.92. The quantitative estimate of drug-likeness (QED) is 0.608. The highest BCUT2D eigenvalue weighted by molar-refractivity contribution is 6.30. The lowest BCUT2D eigenvalue weighted by Gasteiger charge is -2.23. The van der Waals surface area contributed by atoms with E-state index in [9.17, 15) is 4.79 Å². The van der Waals surface area contributed by atoms with Crippen LogP contribution in [-0.2, 0) is 24.3 Å². The fourth-order valence-corrected chi connectivity index (χ4v) is 4.03. The van der Waals surface area contributed by atoms with Crippen LogP contribution in [-0.4, -0.2) is 24.9 Å². The number of methoxy groups -OCH3 is 2. The highest BCUT2D eigenvalue weighted by Gasteiger charge is 2.19. The van der Waals surface area contributed by atoms with Gasteiger partial charge >= 0.3 is 0 Å². The van der Waals surface area contributed by atoms with Gasteiger partial charge in [0.05, 0.1) is 33.5 Å². The first-order valence-corrected chi connectivity index (χ1v) is 10.2. The average molecular weight is 426 g/mol. The summed E-state index contributed by atoms with van der Waals surface area (Å²) < 4.78 is 18.5. The number of aromatic nitrogens is 1. The number of fused-ring (bicyclic) bond motifs is 3. The Hall–Kier alpha value is -2.76. The van der Waals surface area contributed by atoms with Crippen molar-refractivity contribution in [3.05, 3.63) is 80.7 Å². The van der Waals surface area contributed by atoms with E-state index >= 15 is 0 Å². The van der Waals surface area contributed by atoms with Gasteiger partial charge in [0.15, 0.2) is 0 Å². The minimum Gasteiger partial charge on any atom is -0.497 e. The third-order valence-corrected chi connectivity index (χ3v) is 5.67. The smallest absolute Gasteiger partial charge is 0.251 e. The van der Waals surface area contributed by atoms with Crippen LogP contribution in [0.25, 0.3) is 11.1 Å². The van der Waals surface area contributed by atoms with E-state index in [4.69, 9.17) is 25.8 Å². The van der Waals surface area contributed by atoms with Gasteiger partial charge in [0, 0.05) is 34.5 Å². The summed E-state index contributed by atoms with van der Waals surface area (Å²) in [7, 11) is 3.22. The Morgan fingerprint density at radius 1 is 1.07 bits per heavy atom. The number of nitrogens with zero attached hydrogens (tertiary/aromatic N) is 1. The molecule has 3 aromatic rings. The first-order chi connectivity index (χ1) is 14.5. The fourth-order valence-electron chi connectivity index (χ4n) is 3.85. The summed E-state index contributed by atoms with van der Waals surface area (Å²) >= 11 is 6.27. The highest BCUT2D eigenvalue weighted by Crippen LogP contribution is 2.33. The van der Waals surface area contributed by atoms with E-state index < -0.39 is 0 Å². The Bertz CT molecular complexity index is 1140. The first kappa shape index (κ1) is 20.5. The minimum absolute atomic E-state index is 0.0696. The van der Waals surface area contributed by atoms with Crippen molar-refractivity contribution in [2.45, 2.75) is 32.6 Å². The number of halogens is 1. The van der Waals surface area contributed by atoms with Gasteiger partial charge < -0.3 is 18.8 Å². The fraction of sp³-hybridized carbons (Fsp3) is 0.292. The molecule has 6 heteroatoms. The summed E-state index contributed by atoms with van der Waals surface area (Å²) in [5, 5.41) is 0.654. The van der Waals surface area contributed by atoms with E-state index in [1.165, 1.54) is 0 Å². The van der Waals surface area contributed by atoms with E-state index in [-0.39, 0.29) is 11.7 Å². The Morgan fingerprint density at radius 2 is 1.87 bits per heavy atom. The summed E-state index contributed by atoms with van der Waals surface area (Å²) in [4.78, 5) is 13.0. The third-order valence-electron chi connectivity index (χ3n) is 5.44. The van der Waals surface area contributed by atoms with Crippen molar-refractivity contribution >= 4 is 11.6 Å². The lowest BCUT2D eigenvalue weighted by atomic mass is 9.93. The van der Waals surface area contributed by atoms with Crippen LogP contribution < -0.4 is 15.0 Å². The highest BCUT2D eigenvalue weighted by atomic mass is 35.5. The zero-order chi connectivity index (χ0) is 21.3. The summed E-state index contributed by atoms with van der Waals surface area (Å²) in [6.07, 6.45) is 2.72. The van der Waals surface area contributed by atoms with Crippen LogP contribution >= 0.6 is 11.6 Å². The van der Waals surface area contributed by atoms with Gasteiger partial charge in [-0.3, -0.25) is 4.79 Å². The molecule has 0 saturated carbocycles. The van der Waals surface area contributed by atoms with Crippen molar-refractivity contribution in [1.82, 2.24) is 4.57 Å². The molecule has 1 unspecified atom stereocenters. The molecule has 1 aliphatic rings. The number of benzene rings is 2. The Labute approximate surface area is 180 Å². The van der Waals surface area contributed by atoms with Gasteiger partial charge in [-0.2, -0.15) is 0 Å². The Morgan fingerprint density at radius 3 is 2.63 bits per heavy atom. The predicted octanol–water partition coefficient (Wildman–Crippen LogP) is 4.70. The number of ether oxygens (including phenoxy) is 3. The molecule has 4 rings (SSSR count). The van der Waals surface area contributed by atoms with Gasteiger partial charge in [-0.05, 0) is 54.3 Å². The molecule has 2 heterocycles. The third kappa shape index (κ3) is 4.09. The van der Waals surface area contributed by atoms with Gasteiger partial charge in [0.25, 0.3) is 5.56 Å². The van der Waals surface area contributed by atoms with Crippen molar-refractivity contribution < 1.29 is 14.2 Å². The SMILES string of the molecule is COc1ccc(Cn2cc3c(cc2=O)-c2cc(Cl)ccc2CC(C)OC3)c(OC)c1. The Kier molecular flexibility index (Phi) is 5.84. The average Bonchev–Trinajstić information content (AvgIpc) is 2.74. The molecule has 0 aliphatic carbocycles. The van der Waals surface area contributed by atoms with E-state index in [0.717, 1.165) is 34.2 Å². The van der Waals surface area contributed by atoms with Gasteiger partial charge in [0.2, 0.25) is 0 Å². The molecule has 0 fully saturated rings. The maximum Gasteiger partial charge on any atom is 0.251 e. The van der Waals surface area contributed by atoms with Crippen LogP contribution in [0.15, 0.2) is 53.5 Å². The molecule has 156 valence electrons. The standard InChI is InChI=1S/C24H24ClNO4/c1-15-8-16-4-6-19(25)9-21(16)22-11-24(27)26(13-18(22)14-30-15)12-17-5-7-20(28-2)10-23(17)29-3/h4-7,9-11,13,15H,8,12,14H2,1-3H3. The zero-order valence-corrected chi connectivity index (χ0v) is 18.0. The second-order valence-electron chi connectivity index (χ2n) is 7.48. The van der Waals surface area contributed by atoms with Crippen LogP contribution in [0.1, 0.15) is 23.6 Å². The van der Waals surface area contributed by atoms with Crippen LogP contribution in [0.4, 0.5) is 0 Å².